The van der Waals surface area contributed by atoms with Crippen molar-refractivity contribution in [2.24, 2.45) is 11.5 Å². The van der Waals surface area contributed by atoms with E-state index in [0.717, 1.165) is 16.5 Å². The zero-order chi connectivity index (χ0) is 26.4. The Balaban J connectivity index is 1.81. The molecule has 1 saturated heterocycles. The van der Waals surface area contributed by atoms with Gasteiger partial charge in [0.25, 0.3) is 0 Å². The van der Waals surface area contributed by atoms with Crippen molar-refractivity contribution in [1.82, 2.24) is 20.5 Å². The summed E-state index contributed by atoms with van der Waals surface area (Å²) >= 11 is 3.98. The molecule has 4 amide bonds. The first-order valence-electron chi connectivity index (χ1n) is 11.5. The Morgan fingerprint density at radius 2 is 1.89 bits per heavy atom. The van der Waals surface area contributed by atoms with Gasteiger partial charge in [-0.05, 0) is 24.5 Å². The minimum absolute atomic E-state index is 0.0718. The van der Waals surface area contributed by atoms with E-state index < -0.39 is 53.8 Å². The number of hydrogen-bond acceptors (Lipinski definition) is 7. The zero-order valence-electron chi connectivity index (χ0n) is 19.5. The predicted molar refractivity (Wildman–Crippen MR) is 134 cm³/mol. The number of fused-ring (bicyclic) bond motifs is 1. The van der Waals surface area contributed by atoms with E-state index in [1.165, 1.54) is 4.90 Å². The lowest BCUT2D eigenvalue weighted by Crippen LogP contribution is -2.57. The Bertz CT molecular complexity index is 1150. The molecule has 1 aliphatic rings. The van der Waals surface area contributed by atoms with Gasteiger partial charge in [-0.3, -0.25) is 19.2 Å². The van der Waals surface area contributed by atoms with Gasteiger partial charge in [0.05, 0.1) is 12.5 Å². The number of carbonyl (C=O) groups is 5. The average Bonchev–Trinajstić information content (AvgIpc) is 3.48. The van der Waals surface area contributed by atoms with Gasteiger partial charge in [-0.1, -0.05) is 18.2 Å². The van der Waals surface area contributed by atoms with Crippen molar-refractivity contribution in [2.75, 3.05) is 12.3 Å². The molecule has 194 valence electrons. The van der Waals surface area contributed by atoms with Crippen LogP contribution in [0.15, 0.2) is 30.5 Å². The topological polar surface area (TPSA) is 201 Å². The molecule has 1 aromatic carbocycles. The van der Waals surface area contributed by atoms with Crippen molar-refractivity contribution in [3.8, 4) is 0 Å². The van der Waals surface area contributed by atoms with Crippen LogP contribution in [0.5, 0.6) is 0 Å². The monoisotopic (exact) mass is 518 g/mol. The van der Waals surface area contributed by atoms with E-state index in [4.69, 9.17) is 11.5 Å². The molecule has 0 aliphatic carbocycles. The van der Waals surface area contributed by atoms with Crippen molar-refractivity contribution in [3.63, 3.8) is 0 Å². The van der Waals surface area contributed by atoms with E-state index in [-0.39, 0.29) is 25.1 Å². The van der Waals surface area contributed by atoms with Crippen LogP contribution in [0.2, 0.25) is 0 Å². The van der Waals surface area contributed by atoms with Crippen molar-refractivity contribution < 1.29 is 29.1 Å². The Hall–Kier alpha value is -3.58. The first kappa shape index (κ1) is 27.0. The molecule has 8 N–H and O–H groups in total. The van der Waals surface area contributed by atoms with Crippen LogP contribution in [-0.4, -0.2) is 81.1 Å². The van der Waals surface area contributed by atoms with Crippen LogP contribution < -0.4 is 22.1 Å². The Kier molecular flexibility index (Phi) is 8.93. The second kappa shape index (κ2) is 11.9. The summed E-state index contributed by atoms with van der Waals surface area (Å²) in [5.41, 5.74) is 12.5. The van der Waals surface area contributed by atoms with Gasteiger partial charge in [0.2, 0.25) is 23.6 Å². The van der Waals surface area contributed by atoms with E-state index in [1.54, 1.807) is 6.20 Å². The first-order valence-corrected chi connectivity index (χ1v) is 12.1. The number of aromatic nitrogens is 1. The number of primary amides is 1. The van der Waals surface area contributed by atoms with E-state index in [9.17, 15) is 29.1 Å². The number of aromatic amines is 1. The molecule has 1 fully saturated rings. The summed E-state index contributed by atoms with van der Waals surface area (Å²) < 4.78 is 0. The lowest BCUT2D eigenvalue weighted by Gasteiger charge is -2.28. The van der Waals surface area contributed by atoms with Crippen molar-refractivity contribution in [1.29, 1.82) is 0 Å². The van der Waals surface area contributed by atoms with Gasteiger partial charge >= 0.3 is 5.97 Å². The normalized spacial score (nSPS) is 17.8. The highest BCUT2D eigenvalue weighted by Gasteiger charge is 2.38. The van der Waals surface area contributed by atoms with Crippen LogP contribution in [0.25, 0.3) is 10.9 Å². The number of carboxylic acids is 1. The number of carboxylic acid groups (broad SMARTS) is 1. The third-order valence-corrected chi connectivity index (χ3v) is 6.47. The molecule has 1 aromatic heterocycles. The summed E-state index contributed by atoms with van der Waals surface area (Å²) in [6.45, 7) is 0.267. The number of aliphatic carboxylic acids is 1. The number of hydrogen-bond donors (Lipinski definition) is 7. The van der Waals surface area contributed by atoms with E-state index in [1.807, 2.05) is 24.3 Å². The molecule has 2 aromatic rings. The fraction of sp³-hybridized carbons (Fsp3) is 0.435. The lowest BCUT2D eigenvalue weighted by molar-refractivity contribution is -0.142. The van der Waals surface area contributed by atoms with E-state index in [0.29, 0.717) is 12.8 Å². The molecular weight excluding hydrogens is 488 g/mol. The molecule has 2 heterocycles. The Labute approximate surface area is 212 Å². The highest BCUT2D eigenvalue weighted by atomic mass is 32.1. The number of para-hydroxylation sites is 1. The average molecular weight is 519 g/mol. The molecule has 0 bridgehead atoms. The van der Waals surface area contributed by atoms with Crippen LogP contribution in [0.3, 0.4) is 0 Å². The molecular formula is C23H30N6O6S. The second-order valence-corrected chi connectivity index (χ2v) is 9.04. The number of likely N-dealkylation sites (tertiary alicyclic amines) is 1. The zero-order valence-corrected chi connectivity index (χ0v) is 20.4. The van der Waals surface area contributed by atoms with Gasteiger partial charge in [-0.15, -0.1) is 0 Å². The molecule has 12 nitrogen and oxygen atoms in total. The molecule has 36 heavy (non-hydrogen) atoms. The number of nitrogens with zero attached hydrogens (tertiary/aromatic N) is 1. The van der Waals surface area contributed by atoms with Gasteiger partial charge in [0, 0.05) is 35.8 Å². The summed E-state index contributed by atoms with van der Waals surface area (Å²) in [4.78, 5) is 66.1. The summed E-state index contributed by atoms with van der Waals surface area (Å²) in [6, 6.07) is 2.98. The number of nitrogens with two attached hydrogens (primary N) is 2. The molecule has 3 rings (SSSR count). The molecule has 0 saturated carbocycles. The smallest absolute Gasteiger partial charge is 0.327 e. The summed E-state index contributed by atoms with van der Waals surface area (Å²) in [7, 11) is 0. The standard InChI is InChI=1S/C23H30N6O6S/c24-14(9-19(25)30)22(33)29-7-3-6-18(29)21(32)27-16(20(31)28-17(11-36)23(34)35)8-12-10-26-15-5-2-1-4-13(12)15/h1-2,4-5,10,14,16-18,26,36H,3,6-9,11,24H2,(H2,25,30)(H,27,32)(H,28,31)(H,34,35). The highest BCUT2D eigenvalue weighted by Crippen LogP contribution is 2.21. The fourth-order valence-corrected chi connectivity index (χ4v) is 4.52. The Morgan fingerprint density at radius 3 is 2.56 bits per heavy atom. The lowest BCUT2D eigenvalue weighted by atomic mass is 10.0. The maximum absolute atomic E-state index is 13.2. The fourth-order valence-electron chi connectivity index (χ4n) is 4.28. The Morgan fingerprint density at radius 1 is 1.17 bits per heavy atom. The van der Waals surface area contributed by atoms with Crippen LogP contribution in [0.4, 0.5) is 0 Å². The van der Waals surface area contributed by atoms with Crippen LogP contribution in [-0.2, 0) is 30.4 Å². The number of H-pyrrole nitrogens is 1. The third-order valence-electron chi connectivity index (χ3n) is 6.11. The summed E-state index contributed by atoms with van der Waals surface area (Å²) in [6.07, 6.45) is 2.32. The van der Waals surface area contributed by atoms with Gasteiger partial charge < -0.3 is 37.1 Å². The molecule has 13 heteroatoms. The minimum atomic E-state index is -1.26. The third kappa shape index (κ3) is 6.34. The number of carbonyl (C=O) groups excluding carboxylic acids is 4. The first-order chi connectivity index (χ1) is 17.1. The highest BCUT2D eigenvalue weighted by molar-refractivity contribution is 7.80. The van der Waals surface area contributed by atoms with Crippen molar-refractivity contribution in [2.45, 2.75) is 49.9 Å². The number of benzene rings is 1. The summed E-state index contributed by atoms with van der Waals surface area (Å²) in [5, 5.41) is 15.3. The van der Waals surface area contributed by atoms with Crippen LogP contribution >= 0.6 is 12.6 Å². The van der Waals surface area contributed by atoms with Crippen LogP contribution in [0.1, 0.15) is 24.8 Å². The number of nitrogens with one attached hydrogen (secondary N) is 3. The van der Waals surface area contributed by atoms with E-state index in [2.05, 4.69) is 28.2 Å². The number of rotatable bonds is 11. The molecule has 4 unspecified atom stereocenters. The SMILES string of the molecule is NC(=O)CC(N)C(=O)N1CCCC1C(=O)NC(Cc1c[nH]c2ccccc12)C(=O)NC(CS)C(=O)O. The quantitative estimate of drug-likeness (QED) is 0.183. The van der Waals surface area contributed by atoms with E-state index >= 15 is 0 Å². The largest absolute Gasteiger partial charge is 0.480 e. The van der Waals surface area contributed by atoms with Gasteiger partial charge in [-0.2, -0.15) is 12.6 Å². The van der Waals surface area contributed by atoms with Crippen LogP contribution in [0, 0.1) is 0 Å². The molecule has 1 aliphatic heterocycles. The number of thiol groups is 1. The molecule has 0 radical (unpaired) electrons. The maximum atomic E-state index is 13.2. The van der Waals surface area contributed by atoms with Crippen molar-refractivity contribution in [3.05, 3.63) is 36.0 Å². The second-order valence-electron chi connectivity index (χ2n) is 8.67. The number of amides is 4. The van der Waals surface area contributed by atoms with Gasteiger partial charge in [0.15, 0.2) is 0 Å². The summed E-state index contributed by atoms with van der Waals surface area (Å²) in [5.74, 6) is -3.99. The predicted octanol–water partition coefficient (Wildman–Crippen LogP) is -1.11. The van der Waals surface area contributed by atoms with Gasteiger partial charge in [-0.25, -0.2) is 4.79 Å². The maximum Gasteiger partial charge on any atom is 0.327 e. The van der Waals surface area contributed by atoms with Crippen molar-refractivity contribution >= 4 is 53.1 Å². The molecule has 4 atom stereocenters. The minimum Gasteiger partial charge on any atom is -0.480 e. The molecule has 0 spiro atoms. The van der Waals surface area contributed by atoms with Gasteiger partial charge in [0.1, 0.15) is 18.1 Å².